The van der Waals surface area contributed by atoms with Gasteiger partial charge in [-0.1, -0.05) is 134 Å². The highest BCUT2D eigenvalue weighted by molar-refractivity contribution is 7.47. The number of unbranched alkanes of at least 4 members (excludes halogenated alkanes) is 20. The SMILES string of the molecule is CCCCCCCC/C=C/CCCC/C=C/CCCC(=O)O[C@H](COC(=O)CCCCCCCCCCCCC)COP(=O)(O)OCCN. The smallest absolute Gasteiger partial charge is 0.462 e. The Morgan fingerprint density at radius 1 is 0.592 bits per heavy atom. The molecule has 0 aliphatic carbocycles. The van der Waals surface area contributed by atoms with Crippen LogP contribution in [0, 0.1) is 0 Å². The minimum absolute atomic E-state index is 0.0497. The van der Waals surface area contributed by atoms with Crippen molar-refractivity contribution in [3.05, 3.63) is 24.3 Å². The Bertz CT molecular complexity index is 866. The van der Waals surface area contributed by atoms with Crippen LogP contribution in [0.3, 0.4) is 0 Å². The van der Waals surface area contributed by atoms with Crippen molar-refractivity contribution in [3.63, 3.8) is 0 Å². The third-order valence-corrected chi connectivity index (χ3v) is 9.29. The summed E-state index contributed by atoms with van der Waals surface area (Å²) in [5.41, 5.74) is 5.33. The van der Waals surface area contributed by atoms with Crippen molar-refractivity contribution in [3.8, 4) is 0 Å². The van der Waals surface area contributed by atoms with Crippen LogP contribution in [0.2, 0.25) is 0 Å². The molecule has 0 aromatic heterocycles. The Kier molecular flexibility index (Phi) is 35.2. The molecular weight excluding hydrogens is 641 g/mol. The van der Waals surface area contributed by atoms with Gasteiger partial charge in [0.15, 0.2) is 6.10 Å². The van der Waals surface area contributed by atoms with E-state index in [9.17, 15) is 19.0 Å². The molecule has 0 heterocycles. The van der Waals surface area contributed by atoms with Gasteiger partial charge in [0.2, 0.25) is 0 Å². The molecule has 2 atom stereocenters. The van der Waals surface area contributed by atoms with Crippen molar-refractivity contribution in [2.75, 3.05) is 26.4 Å². The maximum absolute atomic E-state index is 12.5. The minimum atomic E-state index is -4.38. The molecule has 0 radical (unpaired) electrons. The van der Waals surface area contributed by atoms with Gasteiger partial charge in [0, 0.05) is 19.4 Å². The zero-order valence-corrected chi connectivity index (χ0v) is 32.3. The lowest BCUT2D eigenvalue weighted by Gasteiger charge is -2.19. The standard InChI is InChI=1S/C39H74NO8P/c1-3-5-7-9-11-13-15-16-17-18-19-20-22-24-26-28-30-32-39(42)48-37(36-47-49(43,44)46-34-33-40)35-45-38(41)31-29-27-25-23-21-14-12-10-8-6-4-2/h16-17,24,26,37H,3-15,18-23,25,27-36,40H2,1-2H3,(H,43,44)/b17-16+,26-24+/t37-/m1/s1. The maximum Gasteiger partial charge on any atom is 0.472 e. The number of phosphoric acid groups is 1. The first-order valence-corrected chi connectivity index (χ1v) is 21.3. The Hall–Kier alpha value is -1.51. The zero-order chi connectivity index (χ0) is 36.1. The van der Waals surface area contributed by atoms with Crippen molar-refractivity contribution in [2.45, 2.75) is 187 Å². The quantitative estimate of drug-likeness (QED) is 0.0279. The van der Waals surface area contributed by atoms with Crippen molar-refractivity contribution in [2.24, 2.45) is 5.73 Å². The van der Waals surface area contributed by atoms with Crippen molar-refractivity contribution in [1.29, 1.82) is 0 Å². The van der Waals surface area contributed by atoms with E-state index in [1.807, 2.05) is 0 Å². The second-order valence-electron chi connectivity index (χ2n) is 13.1. The van der Waals surface area contributed by atoms with Crippen LogP contribution in [-0.4, -0.2) is 49.3 Å². The van der Waals surface area contributed by atoms with Crippen molar-refractivity contribution < 1.29 is 37.6 Å². The fourth-order valence-electron chi connectivity index (χ4n) is 5.34. The Balaban J connectivity index is 4.24. The van der Waals surface area contributed by atoms with Gasteiger partial charge in [-0.25, -0.2) is 4.57 Å². The number of carbonyl (C=O) groups excluding carboxylic acids is 2. The van der Waals surface area contributed by atoms with Crippen LogP contribution >= 0.6 is 7.82 Å². The van der Waals surface area contributed by atoms with E-state index < -0.39 is 32.5 Å². The lowest BCUT2D eigenvalue weighted by Crippen LogP contribution is -2.29. The van der Waals surface area contributed by atoms with Crippen LogP contribution in [0.15, 0.2) is 24.3 Å². The first-order chi connectivity index (χ1) is 23.8. The number of hydrogen-bond acceptors (Lipinski definition) is 8. The summed E-state index contributed by atoms with van der Waals surface area (Å²) in [4.78, 5) is 34.7. The lowest BCUT2D eigenvalue weighted by molar-refractivity contribution is -0.161. The van der Waals surface area contributed by atoms with Crippen LogP contribution in [0.25, 0.3) is 0 Å². The van der Waals surface area contributed by atoms with Gasteiger partial charge in [0.25, 0.3) is 0 Å². The van der Waals surface area contributed by atoms with Gasteiger partial charge in [-0.15, -0.1) is 0 Å². The molecule has 49 heavy (non-hydrogen) atoms. The topological polar surface area (TPSA) is 134 Å². The largest absolute Gasteiger partial charge is 0.472 e. The van der Waals surface area contributed by atoms with Crippen LogP contribution in [0.5, 0.6) is 0 Å². The number of allylic oxidation sites excluding steroid dienone is 4. The summed E-state index contributed by atoms with van der Waals surface area (Å²) in [7, 11) is -4.38. The van der Waals surface area contributed by atoms with E-state index in [2.05, 4.69) is 38.2 Å². The van der Waals surface area contributed by atoms with E-state index in [1.165, 1.54) is 103 Å². The summed E-state index contributed by atoms with van der Waals surface area (Å²) in [5.74, 6) is -0.871. The molecular formula is C39H74NO8P. The predicted octanol–water partition coefficient (Wildman–Crippen LogP) is 10.8. The van der Waals surface area contributed by atoms with Gasteiger partial charge >= 0.3 is 19.8 Å². The number of carbonyl (C=O) groups is 2. The highest BCUT2D eigenvalue weighted by atomic mass is 31.2. The van der Waals surface area contributed by atoms with E-state index in [0.29, 0.717) is 6.42 Å². The third kappa shape index (κ3) is 36.1. The van der Waals surface area contributed by atoms with Gasteiger partial charge in [-0.05, 0) is 57.8 Å². The molecule has 0 bridgehead atoms. The molecule has 0 rings (SSSR count). The van der Waals surface area contributed by atoms with E-state index >= 15 is 0 Å². The fraction of sp³-hybridized carbons (Fsp3) is 0.846. The van der Waals surface area contributed by atoms with Gasteiger partial charge in [-0.2, -0.15) is 0 Å². The maximum atomic E-state index is 12.5. The minimum Gasteiger partial charge on any atom is -0.462 e. The summed E-state index contributed by atoms with van der Waals surface area (Å²) in [6.45, 7) is 3.68. The third-order valence-electron chi connectivity index (χ3n) is 8.31. The first-order valence-electron chi connectivity index (χ1n) is 19.8. The molecule has 288 valence electrons. The molecule has 0 amide bonds. The number of ether oxygens (including phenoxy) is 2. The molecule has 0 aromatic carbocycles. The molecule has 0 aliphatic rings. The summed E-state index contributed by atoms with van der Waals surface area (Å²) >= 11 is 0. The Morgan fingerprint density at radius 2 is 1.02 bits per heavy atom. The number of esters is 2. The highest BCUT2D eigenvalue weighted by Crippen LogP contribution is 2.43. The van der Waals surface area contributed by atoms with Gasteiger partial charge < -0.3 is 20.1 Å². The fourth-order valence-corrected chi connectivity index (χ4v) is 6.10. The van der Waals surface area contributed by atoms with E-state index in [4.69, 9.17) is 24.3 Å². The van der Waals surface area contributed by atoms with E-state index in [-0.39, 0.29) is 32.6 Å². The molecule has 0 aliphatic heterocycles. The molecule has 0 aromatic rings. The Morgan fingerprint density at radius 3 is 1.53 bits per heavy atom. The molecule has 0 spiro atoms. The molecule has 0 fully saturated rings. The summed E-state index contributed by atoms with van der Waals surface area (Å²) < 4.78 is 32.6. The molecule has 0 saturated carbocycles. The molecule has 3 N–H and O–H groups in total. The number of nitrogens with two attached hydrogens (primary N) is 1. The number of hydrogen-bond donors (Lipinski definition) is 2. The summed E-state index contributed by atoms with van der Waals surface area (Å²) in [5, 5.41) is 0. The van der Waals surface area contributed by atoms with Gasteiger partial charge in [-0.3, -0.25) is 18.6 Å². The first kappa shape index (κ1) is 47.5. The summed E-state index contributed by atoms with van der Waals surface area (Å²) in [6.07, 6.45) is 36.4. The lowest BCUT2D eigenvalue weighted by atomic mass is 10.1. The second-order valence-corrected chi connectivity index (χ2v) is 14.6. The average Bonchev–Trinajstić information content (AvgIpc) is 3.08. The van der Waals surface area contributed by atoms with Crippen LogP contribution in [0.1, 0.15) is 181 Å². The summed E-state index contributed by atoms with van der Waals surface area (Å²) in [6, 6.07) is 0. The van der Waals surface area contributed by atoms with Crippen LogP contribution < -0.4 is 5.73 Å². The van der Waals surface area contributed by atoms with Crippen molar-refractivity contribution in [1.82, 2.24) is 0 Å². The second kappa shape index (κ2) is 36.3. The molecule has 1 unspecified atom stereocenters. The molecule has 9 nitrogen and oxygen atoms in total. The van der Waals surface area contributed by atoms with E-state index in [1.54, 1.807) is 0 Å². The van der Waals surface area contributed by atoms with Gasteiger partial charge in [0.05, 0.1) is 13.2 Å². The molecule has 0 saturated heterocycles. The average molecular weight is 716 g/mol. The Labute approximate surface area is 300 Å². The van der Waals surface area contributed by atoms with Crippen LogP contribution in [0.4, 0.5) is 0 Å². The van der Waals surface area contributed by atoms with E-state index in [0.717, 1.165) is 44.9 Å². The zero-order valence-electron chi connectivity index (χ0n) is 31.4. The monoisotopic (exact) mass is 716 g/mol. The van der Waals surface area contributed by atoms with Crippen molar-refractivity contribution >= 4 is 19.8 Å². The highest BCUT2D eigenvalue weighted by Gasteiger charge is 2.25. The predicted molar refractivity (Wildman–Crippen MR) is 201 cm³/mol. The normalized spacial score (nSPS) is 13.6. The molecule has 10 heteroatoms. The van der Waals surface area contributed by atoms with Crippen LogP contribution in [-0.2, 0) is 32.7 Å². The number of phosphoric ester groups is 1. The van der Waals surface area contributed by atoms with Gasteiger partial charge in [0.1, 0.15) is 6.61 Å². The number of rotatable bonds is 37.